The van der Waals surface area contributed by atoms with Crippen molar-refractivity contribution in [2.75, 3.05) is 11.4 Å². The monoisotopic (exact) mass is 228 g/mol. The van der Waals surface area contributed by atoms with Gasteiger partial charge in [0.15, 0.2) is 0 Å². The second kappa shape index (κ2) is 5.41. The van der Waals surface area contributed by atoms with Crippen molar-refractivity contribution in [3.05, 3.63) is 48.3 Å². The SMILES string of the molecule is CCN(c1ccccc1)c1ncc(CN)cn1. The van der Waals surface area contributed by atoms with Crippen LogP contribution in [0.1, 0.15) is 12.5 Å². The predicted molar refractivity (Wildman–Crippen MR) is 69.0 cm³/mol. The van der Waals surface area contributed by atoms with Gasteiger partial charge in [-0.05, 0) is 19.1 Å². The minimum Gasteiger partial charge on any atom is -0.326 e. The molecule has 4 heteroatoms. The number of rotatable bonds is 4. The quantitative estimate of drug-likeness (QED) is 0.870. The van der Waals surface area contributed by atoms with Crippen LogP contribution in [0.15, 0.2) is 42.7 Å². The fourth-order valence-corrected chi connectivity index (χ4v) is 1.64. The Labute approximate surface area is 101 Å². The number of nitrogens with two attached hydrogens (primary N) is 1. The van der Waals surface area contributed by atoms with E-state index in [1.165, 1.54) is 0 Å². The Morgan fingerprint density at radius 1 is 1.12 bits per heavy atom. The number of anilines is 2. The second-order valence-corrected chi connectivity index (χ2v) is 3.68. The van der Waals surface area contributed by atoms with Crippen molar-refractivity contribution < 1.29 is 0 Å². The summed E-state index contributed by atoms with van der Waals surface area (Å²) in [5, 5.41) is 0. The molecule has 17 heavy (non-hydrogen) atoms. The minimum atomic E-state index is 0.470. The molecule has 0 radical (unpaired) electrons. The van der Waals surface area contributed by atoms with Crippen molar-refractivity contribution in [1.29, 1.82) is 0 Å². The number of nitrogens with zero attached hydrogens (tertiary/aromatic N) is 3. The van der Waals surface area contributed by atoms with E-state index in [0.717, 1.165) is 17.8 Å². The van der Waals surface area contributed by atoms with Gasteiger partial charge in [-0.25, -0.2) is 9.97 Å². The lowest BCUT2D eigenvalue weighted by Crippen LogP contribution is -2.18. The Kier molecular flexibility index (Phi) is 3.67. The molecule has 88 valence electrons. The molecule has 0 saturated carbocycles. The van der Waals surface area contributed by atoms with E-state index in [0.29, 0.717) is 12.5 Å². The molecule has 0 bridgehead atoms. The molecular formula is C13H16N4. The summed E-state index contributed by atoms with van der Waals surface area (Å²) in [5.74, 6) is 0.705. The van der Waals surface area contributed by atoms with Crippen molar-refractivity contribution in [3.63, 3.8) is 0 Å². The van der Waals surface area contributed by atoms with Crippen LogP contribution >= 0.6 is 0 Å². The number of hydrogen-bond donors (Lipinski definition) is 1. The maximum Gasteiger partial charge on any atom is 0.229 e. The van der Waals surface area contributed by atoms with Crippen LogP contribution in [-0.2, 0) is 6.54 Å². The molecule has 0 unspecified atom stereocenters. The number of aromatic nitrogens is 2. The van der Waals surface area contributed by atoms with Gasteiger partial charge in [0, 0.05) is 36.7 Å². The first-order valence-electron chi connectivity index (χ1n) is 5.68. The lowest BCUT2D eigenvalue weighted by molar-refractivity contribution is 0.924. The van der Waals surface area contributed by atoms with E-state index in [2.05, 4.69) is 21.8 Å². The first-order chi connectivity index (χ1) is 8.35. The van der Waals surface area contributed by atoms with Gasteiger partial charge in [-0.15, -0.1) is 0 Å². The molecule has 0 saturated heterocycles. The second-order valence-electron chi connectivity index (χ2n) is 3.68. The van der Waals surface area contributed by atoms with Gasteiger partial charge in [0.25, 0.3) is 0 Å². The third kappa shape index (κ3) is 2.60. The highest BCUT2D eigenvalue weighted by Gasteiger charge is 2.08. The molecule has 0 amide bonds. The Balaban J connectivity index is 2.29. The number of benzene rings is 1. The lowest BCUT2D eigenvalue weighted by Gasteiger charge is -2.20. The molecule has 2 rings (SSSR count). The van der Waals surface area contributed by atoms with Crippen LogP contribution in [0.2, 0.25) is 0 Å². The van der Waals surface area contributed by atoms with E-state index in [1.54, 1.807) is 12.4 Å². The van der Waals surface area contributed by atoms with Crippen molar-refractivity contribution in [2.45, 2.75) is 13.5 Å². The third-order valence-corrected chi connectivity index (χ3v) is 2.55. The predicted octanol–water partition coefficient (Wildman–Crippen LogP) is 2.09. The average Bonchev–Trinajstić information content (AvgIpc) is 2.42. The summed E-state index contributed by atoms with van der Waals surface area (Å²) in [5.41, 5.74) is 7.56. The van der Waals surface area contributed by atoms with Crippen LogP contribution in [0.4, 0.5) is 11.6 Å². The molecule has 4 nitrogen and oxygen atoms in total. The van der Waals surface area contributed by atoms with Gasteiger partial charge in [0.2, 0.25) is 5.95 Å². The van der Waals surface area contributed by atoms with Crippen LogP contribution < -0.4 is 10.6 Å². The maximum atomic E-state index is 5.53. The van der Waals surface area contributed by atoms with E-state index in [-0.39, 0.29) is 0 Å². The maximum absolute atomic E-state index is 5.53. The molecule has 1 heterocycles. The summed E-state index contributed by atoms with van der Waals surface area (Å²) in [7, 11) is 0. The number of para-hydroxylation sites is 1. The zero-order chi connectivity index (χ0) is 12.1. The Hall–Kier alpha value is -1.94. The molecule has 0 aliphatic rings. The van der Waals surface area contributed by atoms with Crippen molar-refractivity contribution in [1.82, 2.24) is 9.97 Å². The first-order valence-corrected chi connectivity index (χ1v) is 5.68. The smallest absolute Gasteiger partial charge is 0.229 e. The molecular weight excluding hydrogens is 212 g/mol. The van der Waals surface area contributed by atoms with Gasteiger partial charge >= 0.3 is 0 Å². The average molecular weight is 228 g/mol. The van der Waals surface area contributed by atoms with E-state index in [1.807, 2.05) is 30.3 Å². The van der Waals surface area contributed by atoms with E-state index >= 15 is 0 Å². The normalized spacial score (nSPS) is 10.2. The highest BCUT2D eigenvalue weighted by atomic mass is 15.2. The third-order valence-electron chi connectivity index (χ3n) is 2.55. The fraction of sp³-hybridized carbons (Fsp3) is 0.231. The van der Waals surface area contributed by atoms with Crippen LogP contribution in [0.3, 0.4) is 0 Å². The molecule has 0 aliphatic heterocycles. The van der Waals surface area contributed by atoms with Crippen molar-refractivity contribution in [2.24, 2.45) is 5.73 Å². The Morgan fingerprint density at radius 2 is 1.76 bits per heavy atom. The molecule has 2 N–H and O–H groups in total. The van der Waals surface area contributed by atoms with Gasteiger partial charge in [-0.2, -0.15) is 0 Å². The van der Waals surface area contributed by atoms with Crippen LogP contribution in [0.5, 0.6) is 0 Å². The van der Waals surface area contributed by atoms with Crippen LogP contribution in [0, 0.1) is 0 Å². The van der Waals surface area contributed by atoms with E-state index < -0.39 is 0 Å². The summed E-state index contributed by atoms with van der Waals surface area (Å²) in [6, 6.07) is 10.1. The summed E-state index contributed by atoms with van der Waals surface area (Å²) in [6.07, 6.45) is 3.54. The summed E-state index contributed by atoms with van der Waals surface area (Å²) >= 11 is 0. The molecule has 0 aliphatic carbocycles. The van der Waals surface area contributed by atoms with Crippen molar-refractivity contribution in [3.8, 4) is 0 Å². The van der Waals surface area contributed by atoms with Gasteiger partial charge in [-0.1, -0.05) is 18.2 Å². The van der Waals surface area contributed by atoms with Gasteiger partial charge in [-0.3, -0.25) is 0 Å². The largest absolute Gasteiger partial charge is 0.326 e. The molecule has 0 fully saturated rings. The van der Waals surface area contributed by atoms with Gasteiger partial charge in [0.1, 0.15) is 0 Å². The zero-order valence-electron chi connectivity index (χ0n) is 9.87. The fourth-order valence-electron chi connectivity index (χ4n) is 1.64. The highest BCUT2D eigenvalue weighted by Crippen LogP contribution is 2.20. The van der Waals surface area contributed by atoms with Gasteiger partial charge < -0.3 is 10.6 Å². The standard InChI is InChI=1S/C13H16N4/c1-2-17(12-6-4-3-5-7-12)13-15-9-11(8-14)10-16-13/h3-7,9-10H,2,8,14H2,1H3. The molecule has 2 aromatic rings. The molecule has 1 aromatic heterocycles. The topological polar surface area (TPSA) is 55.0 Å². The Morgan fingerprint density at radius 3 is 2.29 bits per heavy atom. The molecule has 0 atom stereocenters. The summed E-state index contributed by atoms with van der Waals surface area (Å²) in [6.45, 7) is 3.37. The minimum absolute atomic E-state index is 0.470. The summed E-state index contributed by atoms with van der Waals surface area (Å²) < 4.78 is 0. The number of hydrogen-bond acceptors (Lipinski definition) is 4. The summed E-state index contributed by atoms with van der Waals surface area (Å²) in [4.78, 5) is 10.7. The van der Waals surface area contributed by atoms with Crippen molar-refractivity contribution >= 4 is 11.6 Å². The zero-order valence-corrected chi connectivity index (χ0v) is 9.87. The van der Waals surface area contributed by atoms with Crippen LogP contribution in [-0.4, -0.2) is 16.5 Å². The Bertz CT molecular complexity index is 453. The van der Waals surface area contributed by atoms with Crippen LogP contribution in [0.25, 0.3) is 0 Å². The van der Waals surface area contributed by atoms with Gasteiger partial charge in [0.05, 0.1) is 0 Å². The van der Waals surface area contributed by atoms with E-state index in [9.17, 15) is 0 Å². The van der Waals surface area contributed by atoms with E-state index in [4.69, 9.17) is 5.73 Å². The first kappa shape index (κ1) is 11.5. The molecule has 0 spiro atoms. The molecule has 1 aromatic carbocycles. The highest BCUT2D eigenvalue weighted by molar-refractivity contribution is 5.56. The lowest BCUT2D eigenvalue weighted by atomic mass is 10.3.